The summed E-state index contributed by atoms with van der Waals surface area (Å²) in [6, 6.07) is 4.87. The number of carbonyl (C=O) groups excluding carboxylic acids is 1. The number of benzene rings is 1. The molecule has 108 valence electrons. The molecule has 0 saturated carbocycles. The quantitative estimate of drug-likeness (QED) is 0.756. The first-order valence-electron chi connectivity index (χ1n) is 6.45. The maximum atomic E-state index is 12.6. The van der Waals surface area contributed by atoms with Crippen LogP contribution in [0.3, 0.4) is 0 Å². The first kappa shape index (κ1) is 14.6. The average Bonchev–Trinajstić information content (AvgIpc) is 2.79. The number of hydrogen-bond acceptors (Lipinski definition) is 1. The zero-order chi connectivity index (χ0) is 14.9. The molecule has 1 aliphatic heterocycles. The zero-order valence-corrected chi connectivity index (χ0v) is 11.2. The third kappa shape index (κ3) is 2.71. The summed E-state index contributed by atoms with van der Waals surface area (Å²) in [5.41, 5.74) is 0.0618. The van der Waals surface area contributed by atoms with E-state index in [1.807, 2.05) is 6.92 Å². The number of alkyl halides is 3. The minimum absolute atomic E-state index is 0.178. The third-order valence-corrected chi connectivity index (χ3v) is 3.74. The molecule has 2 nitrogen and oxygen atoms in total. The van der Waals surface area contributed by atoms with Crippen LogP contribution in [0, 0.1) is 5.92 Å². The Morgan fingerprint density at radius 1 is 1.35 bits per heavy atom. The van der Waals surface area contributed by atoms with E-state index in [9.17, 15) is 18.0 Å². The van der Waals surface area contributed by atoms with Crippen LogP contribution in [-0.2, 0) is 11.0 Å². The van der Waals surface area contributed by atoms with Crippen molar-refractivity contribution in [2.24, 2.45) is 5.92 Å². The van der Waals surface area contributed by atoms with Crippen LogP contribution in [0.5, 0.6) is 0 Å². The fourth-order valence-corrected chi connectivity index (χ4v) is 2.69. The van der Waals surface area contributed by atoms with Crippen LogP contribution in [0.1, 0.15) is 30.5 Å². The van der Waals surface area contributed by atoms with E-state index in [2.05, 4.69) is 6.58 Å². The molecule has 2 unspecified atom stereocenters. The number of rotatable bonds is 2. The van der Waals surface area contributed by atoms with E-state index in [0.717, 1.165) is 24.1 Å². The van der Waals surface area contributed by atoms with Crippen molar-refractivity contribution < 1.29 is 18.0 Å². The molecule has 1 aromatic carbocycles. The molecule has 0 radical (unpaired) electrons. The van der Waals surface area contributed by atoms with E-state index in [0.29, 0.717) is 6.54 Å². The molecule has 1 heterocycles. The predicted octanol–water partition coefficient (Wildman–Crippen LogP) is 3.80. The van der Waals surface area contributed by atoms with Gasteiger partial charge in [0.25, 0.3) is 0 Å². The standard InChI is InChI=1S/C15H16F3NO/c1-3-13(20)19-9-8-10(2)14(19)11-4-6-12(7-5-11)15(16,17)18/h3-7,10,14H,1,8-9H2,2H3. The topological polar surface area (TPSA) is 20.3 Å². The highest BCUT2D eigenvalue weighted by molar-refractivity contribution is 5.87. The van der Waals surface area contributed by atoms with Gasteiger partial charge in [0.1, 0.15) is 0 Å². The molecule has 0 aliphatic carbocycles. The van der Waals surface area contributed by atoms with E-state index in [-0.39, 0.29) is 17.9 Å². The van der Waals surface area contributed by atoms with Crippen LogP contribution < -0.4 is 0 Å². The summed E-state index contributed by atoms with van der Waals surface area (Å²) >= 11 is 0. The van der Waals surface area contributed by atoms with Gasteiger partial charge in [-0.1, -0.05) is 25.6 Å². The second kappa shape index (κ2) is 5.31. The van der Waals surface area contributed by atoms with Crippen LogP contribution in [0.15, 0.2) is 36.9 Å². The molecule has 1 aromatic rings. The van der Waals surface area contributed by atoms with Crippen molar-refractivity contribution >= 4 is 5.91 Å². The molecule has 2 atom stereocenters. The van der Waals surface area contributed by atoms with E-state index in [1.165, 1.54) is 18.2 Å². The molecule has 0 N–H and O–H groups in total. The number of hydrogen-bond donors (Lipinski definition) is 0. The summed E-state index contributed by atoms with van der Waals surface area (Å²) in [4.78, 5) is 13.5. The minimum Gasteiger partial charge on any atom is -0.332 e. The van der Waals surface area contributed by atoms with Gasteiger partial charge in [-0.25, -0.2) is 0 Å². The van der Waals surface area contributed by atoms with Gasteiger partial charge in [0.2, 0.25) is 5.91 Å². The largest absolute Gasteiger partial charge is 0.416 e. The van der Waals surface area contributed by atoms with Gasteiger partial charge in [-0.05, 0) is 36.1 Å². The van der Waals surface area contributed by atoms with Crippen molar-refractivity contribution in [2.75, 3.05) is 6.54 Å². The molecular formula is C15H16F3NO. The first-order chi connectivity index (χ1) is 9.34. The summed E-state index contributed by atoms with van der Waals surface area (Å²) in [5.74, 6) is 0.0369. The van der Waals surface area contributed by atoms with Crippen molar-refractivity contribution in [3.63, 3.8) is 0 Å². The fraction of sp³-hybridized carbons (Fsp3) is 0.400. The fourth-order valence-electron chi connectivity index (χ4n) is 2.69. The highest BCUT2D eigenvalue weighted by Crippen LogP contribution is 2.38. The number of likely N-dealkylation sites (tertiary alicyclic amines) is 1. The average molecular weight is 283 g/mol. The molecular weight excluding hydrogens is 267 g/mol. The van der Waals surface area contributed by atoms with Gasteiger partial charge < -0.3 is 4.90 Å². The molecule has 1 saturated heterocycles. The normalized spacial score (nSPS) is 22.9. The van der Waals surface area contributed by atoms with Crippen LogP contribution in [-0.4, -0.2) is 17.4 Å². The Morgan fingerprint density at radius 2 is 1.95 bits per heavy atom. The van der Waals surface area contributed by atoms with E-state index < -0.39 is 11.7 Å². The summed E-state index contributed by atoms with van der Waals surface area (Å²) in [5, 5.41) is 0. The number of carbonyl (C=O) groups is 1. The van der Waals surface area contributed by atoms with Gasteiger partial charge in [0.15, 0.2) is 0 Å². The van der Waals surface area contributed by atoms with Crippen LogP contribution in [0.25, 0.3) is 0 Å². The molecule has 1 amide bonds. The lowest BCUT2D eigenvalue weighted by Gasteiger charge is -2.26. The number of amides is 1. The molecule has 0 aromatic heterocycles. The van der Waals surface area contributed by atoms with Gasteiger partial charge >= 0.3 is 6.18 Å². The van der Waals surface area contributed by atoms with E-state index in [4.69, 9.17) is 0 Å². The van der Waals surface area contributed by atoms with Crippen molar-refractivity contribution in [1.29, 1.82) is 0 Å². The van der Waals surface area contributed by atoms with E-state index >= 15 is 0 Å². The molecule has 0 bridgehead atoms. The Morgan fingerprint density at radius 3 is 2.45 bits per heavy atom. The Balaban J connectivity index is 2.29. The Kier molecular flexibility index (Phi) is 3.88. The van der Waals surface area contributed by atoms with E-state index in [1.54, 1.807) is 4.90 Å². The van der Waals surface area contributed by atoms with Crippen LogP contribution in [0.2, 0.25) is 0 Å². The van der Waals surface area contributed by atoms with Gasteiger partial charge in [-0.3, -0.25) is 4.79 Å². The minimum atomic E-state index is -4.34. The molecule has 1 fully saturated rings. The third-order valence-electron chi connectivity index (χ3n) is 3.74. The molecule has 2 rings (SSSR count). The first-order valence-corrected chi connectivity index (χ1v) is 6.45. The maximum absolute atomic E-state index is 12.6. The van der Waals surface area contributed by atoms with Crippen molar-refractivity contribution in [3.05, 3.63) is 48.0 Å². The molecule has 1 aliphatic rings. The zero-order valence-electron chi connectivity index (χ0n) is 11.2. The van der Waals surface area contributed by atoms with Crippen LogP contribution >= 0.6 is 0 Å². The summed E-state index contributed by atoms with van der Waals surface area (Å²) < 4.78 is 37.7. The highest BCUT2D eigenvalue weighted by atomic mass is 19.4. The van der Waals surface area contributed by atoms with Gasteiger partial charge in [-0.15, -0.1) is 0 Å². The second-order valence-electron chi connectivity index (χ2n) is 5.07. The van der Waals surface area contributed by atoms with Gasteiger partial charge in [-0.2, -0.15) is 13.2 Å². The highest BCUT2D eigenvalue weighted by Gasteiger charge is 2.35. The van der Waals surface area contributed by atoms with Crippen molar-refractivity contribution in [3.8, 4) is 0 Å². The van der Waals surface area contributed by atoms with Crippen molar-refractivity contribution in [2.45, 2.75) is 25.6 Å². The van der Waals surface area contributed by atoms with Gasteiger partial charge in [0.05, 0.1) is 11.6 Å². The Hall–Kier alpha value is -1.78. The lowest BCUT2D eigenvalue weighted by molar-refractivity contribution is -0.137. The predicted molar refractivity (Wildman–Crippen MR) is 69.9 cm³/mol. The molecule has 0 spiro atoms. The number of nitrogens with zero attached hydrogens (tertiary/aromatic N) is 1. The Bertz CT molecular complexity index is 507. The monoisotopic (exact) mass is 283 g/mol. The summed E-state index contributed by atoms with van der Waals surface area (Å²) in [6.07, 6.45) is -2.25. The van der Waals surface area contributed by atoms with Crippen LogP contribution in [0.4, 0.5) is 13.2 Å². The maximum Gasteiger partial charge on any atom is 0.416 e. The molecule has 5 heteroatoms. The lowest BCUT2D eigenvalue weighted by Crippen LogP contribution is -2.30. The van der Waals surface area contributed by atoms with Crippen molar-refractivity contribution in [1.82, 2.24) is 4.90 Å². The smallest absolute Gasteiger partial charge is 0.332 e. The Labute approximate surface area is 115 Å². The van der Waals surface area contributed by atoms with Gasteiger partial charge in [0, 0.05) is 6.54 Å². The summed E-state index contributed by atoms with van der Waals surface area (Å²) in [7, 11) is 0. The molecule has 20 heavy (non-hydrogen) atoms. The lowest BCUT2D eigenvalue weighted by atomic mass is 9.94. The number of halogens is 3. The second-order valence-corrected chi connectivity index (χ2v) is 5.07. The SMILES string of the molecule is C=CC(=O)N1CCC(C)C1c1ccc(C(F)(F)F)cc1. The summed E-state index contributed by atoms with van der Waals surface area (Å²) in [6.45, 7) is 6.07.